The van der Waals surface area contributed by atoms with Gasteiger partial charge in [-0.2, -0.15) is 0 Å². The third kappa shape index (κ3) is 4.89. The summed E-state index contributed by atoms with van der Waals surface area (Å²) in [6.07, 6.45) is 1.05. The second-order valence-corrected chi connectivity index (χ2v) is 6.57. The zero-order valence-corrected chi connectivity index (χ0v) is 14.5. The zero-order chi connectivity index (χ0) is 16.0. The van der Waals surface area contributed by atoms with Gasteiger partial charge in [-0.25, -0.2) is 0 Å². The lowest BCUT2D eigenvalue weighted by Gasteiger charge is -2.33. The predicted molar refractivity (Wildman–Crippen MR) is 94.0 cm³/mol. The lowest BCUT2D eigenvalue weighted by molar-refractivity contribution is 0.116. The molecule has 0 fully saturated rings. The third-order valence-corrected chi connectivity index (χ3v) is 4.22. The molecule has 0 spiro atoms. The molecule has 0 aromatic heterocycles. The Bertz CT molecular complexity index is 469. The quantitative estimate of drug-likeness (QED) is 0.724. The Morgan fingerprint density at radius 1 is 1.23 bits per heavy atom. The van der Waals surface area contributed by atoms with Crippen molar-refractivity contribution in [2.75, 3.05) is 44.6 Å². The number of fused-ring (bicyclic) bond motifs is 1. The molecule has 0 aliphatic carbocycles. The van der Waals surface area contributed by atoms with Gasteiger partial charge in [0, 0.05) is 13.1 Å². The molecule has 22 heavy (non-hydrogen) atoms. The summed E-state index contributed by atoms with van der Waals surface area (Å²) in [5.74, 6) is 0.967. The molecular weight excluding hydrogens is 274 g/mol. The molecule has 1 aliphatic rings. The van der Waals surface area contributed by atoms with Gasteiger partial charge < -0.3 is 20.3 Å². The van der Waals surface area contributed by atoms with Crippen LogP contribution in [0.25, 0.3) is 0 Å². The van der Waals surface area contributed by atoms with Crippen LogP contribution in [0.2, 0.25) is 0 Å². The average molecular weight is 305 g/mol. The van der Waals surface area contributed by atoms with E-state index in [0.717, 1.165) is 57.1 Å². The molecule has 4 nitrogen and oxygen atoms in total. The van der Waals surface area contributed by atoms with Gasteiger partial charge in [-0.3, -0.25) is 0 Å². The van der Waals surface area contributed by atoms with Crippen molar-refractivity contribution in [2.45, 2.75) is 39.7 Å². The average Bonchev–Trinajstić information content (AvgIpc) is 2.50. The van der Waals surface area contributed by atoms with Crippen LogP contribution in [-0.2, 0) is 6.42 Å². The molecular formula is C18H31N3O. The van der Waals surface area contributed by atoms with Crippen LogP contribution < -0.4 is 15.4 Å². The van der Waals surface area contributed by atoms with Crippen LogP contribution >= 0.6 is 0 Å². The van der Waals surface area contributed by atoms with Gasteiger partial charge in [-0.1, -0.05) is 19.9 Å². The van der Waals surface area contributed by atoms with Gasteiger partial charge in [-0.05, 0) is 57.6 Å². The first-order chi connectivity index (χ1) is 10.5. The van der Waals surface area contributed by atoms with E-state index in [0.29, 0.717) is 0 Å². The van der Waals surface area contributed by atoms with E-state index in [1.165, 1.54) is 5.56 Å². The van der Waals surface area contributed by atoms with E-state index in [2.05, 4.69) is 61.4 Å². The minimum atomic E-state index is -0.125. The van der Waals surface area contributed by atoms with Crippen LogP contribution in [0.5, 0.6) is 5.75 Å². The molecule has 1 heterocycles. The summed E-state index contributed by atoms with van der Waals surface area (Å²) in [6, 6.07) is 6.49. The number of benzene rings is 1. The zero-order valence-electron chi connectivity index (χ0n) is 14.5. The summed E-state index contributed by atoms with van der Waals surface area (Å²) < 4.78 is 5.98. The first kappa shape index (κ1) is 17.1. The molecule has 1 aliphatic heterocycles. The molecule has 124 valence electrons. The topological polar surface area (TPSA) is 36.5 Å². The maximum Gasteiger partial charge on any atom is 0.143 e. The highest BCUT2D eigenvalue weighted by atomic mass is 16.5. The molecule has 0 radical (unpaired) electrons. The van der Waals surface area contributed by atoms with Crippen molar-refractivity contribution in [1.82, 2.24) is 10.2 Å². The van der Waals surface area contributed by atoms with E-state index in [4.69, 9.17) is 4.74 Å². The van der Waals surface area contributed by atoms with Gasteiger partial charge in [-0.15, -0.1) is 0 Å². The largest absolute Gasteiger partial charge is 0.484 e. The molecule has 0 saturated heterocycles. The van der Waals surface area contributed by atoms with Crippen molar-refractivity contribution < 1.29 is 4.74 Å². The fourth-order valence-corrected chi connectivity index (χ4v) is 2.74. The number of anilines is 1. The van der Waals surface area contributed by atoms with E-state index in [9.17, 15) is 0 Å². The number of nitrogens with zero attached hydrogens (tertiary/aromatic N) is 1. The Morgan fingerprint density at radius 2 is 2.00 bits per heavy atom. The van der Waals surface area contributed by atoms with Gasteiger partial charge in [0.1, 0.15) is 11.4 Å². The molecule has 0 saturated carbocycles. The van der Waals surface area contributed by atoms with Crippen molar-refractivity contribution in [1.29, 1.82) is 0 Å². The van der Waals surface area contributed by atoms with Crippen molar-refractivity contribution in [3.8, 4) is 5.75 Å². The molecule has 2 N–H and O–H groups in total. The maximum atomic E-state index is 5.98. The predicted octanol–water partition coefficient (Wildman–Crippen LogP) is 2.74. The SMILES string of the molecule is CCN(CC)CCNCCc1ccc2c(c1)NCC(C)(C)O2. The summed E-state index contributed by atoms with van der Waals surface area (Å²) in [6.45, 7) is 15.0. The Hall–Kier alpha value is -1.26. The van der Waals surface area contributed by atoms with Crippen LogP contribution in [0, 0.1) is 0 Å². The number of ether oxygens (including phenoxy) is 1. The van der Waals surface area contributed by atoms with Crippen molar-refractivity contribution in [3.05, 3.63) is 23.8 Å². The Balaban J connectivity index is 1.75. The second-order valence-electron chi connectivity index (χ2n) is 6.57. The molecule has 4 heteroatoms. The first-order valence-corrected chi connectivity index (χ1v) is 8.53. The molecule has 2 rings (SSSR count). The van der Waals surface area contributed by atoms with Gasteiger partial charge in [0.15, 0.2) is 0 Å². The van der Waals surface area contributed by atoms with E-state index in [-0.39, 0.29) is 5.60 Å². The fourth-order valence-electron chi connectivity index (χ4n) is 2.74. The summed E-state index contributed by atoms with van der Waals surface area (Å²) in [5.41, 5.74) is 2.35. The highest BCUT2D eigenvalue weighted by molar-refractivity contribution is 5.60. The third-order valence-electron chi connectivity index (χ3n) is 4.22. The van der Waals surface area contributed by atoms with E-state index >= 15 is 0 Å². The Labute approximate surface area is 135 Å². The number of hydrogen-bond donors (Lipinski definition) is 2. The smallest absolute Gasteiger partial charge is 0.143 e. The summed E-state index contributed by atoms with van der Waals surface area (Å²) in [4.78, 5) is 2.44. The lowest BCUT2D eigenvalue weighted by Crippen LogP contribution is -2.40. The van der Waals surface area contributed by atoms with Crippen molar-refractivity contribution in [2.24, 2.45) is 0 Å². The molecule has 0 atom stereocenters. The van der Waals surface area contributed by atoms with Crippen LogP contribution in [0.4, 0.5) is 5.69 Å². The van der Waals surface area contributed by atoms with Crippen LogP contribution in [-0.4, -0.2) is 49.8 Å². The monoisotopic (exact) mass is 305 g/mol. The van der Waals surface area contributed by atoms with E-state index in [1.807, 2.05) is 0 Å². The second kappa shape index (κ2) is 7.84. The van der Waals surface area contributed by atoms with Crippen molar-refractivity contribution >= 4 is 5.69 Å². The minimum Gasteiger partial charge on any atom is -0.484 e. The van der Waals surface area contributed by atoms with Gasteiger partial charge in [0.2, 0.25) is 0 Å². The molecule has 0 amide bonds. The van der Waals surface area contributed by atoms with Gasteiger partial charge in [0.25, 0.3) is 0 Å². The van der Waals surface area contributed by atoms with Crippen LogP contribution in [0.3, 0.4) is 0 Å². The number of likely N-dealkylation sites (N-methyl/N-ethyl adjacent to an activating group) is 1. The summed E-state index contributed by atoms with van der Waals surface area (Å²) in [7, 11) is 0. The molecule has 1 aromatic rings. The Kier molecular flexibility index (Phi) is 6.09. The summed E-state index contributed by atoms with van der Waals surface area (Å²) in [5, 5.41) is 7.01. The maximum absolute atomic E-state index is 5.98. The highest BCUT2D eigenvalue weighted by Gasteiger charge is 2.25. The fraction of sp³-hybridized carbons (Fsp3) is 0.667. The van der Waals surface area contributed by atoms with E-state index < -0.39 is 0 Å². The number of rotatable bonds is 8. The molecule has 1 aromatic carbocycles. The number of nitrogens with one attached hydrogen (secondary N) is 2. The number of hydrogen-bond acceptors (Lipinski definition) is 4. The minimum absolute atomic E-state index is 0.125. The van der Waals surface area contributed by atoms with Gasteiger partial charge >= 0.3 is 0 Å². The highest BCUT2D eigenvalue weighted by Crippen LogP contribution is 2.33. The molecule has 0 bridgehead atoms. The first-order valence-electron chi connectivity index (χ1n) is 8.53. The standard InChI is InChI=1S/C18H31N3O/c1-5-21(6-2)12-11-19-10-9-15-7-8-17-16(13-15)20-14-18(3,4)22-17/h7-8,13,19-20H,5-6,9-12,14H2,1-4H3. The molecule has 0 unspecified atom stereocenters. The van der Waals surface area contributed by atoms with Gasteiger partial charge in [0.05, 0.1) is 12.2 Å². The van der Waals surface area contributed by atoms with E-state index in [1.54, 1.807) is 0 Å². The van der Waals surface area contributed by atoms with Crippen molar-refractivity contribution in [3.63, 3.8) is 0 Å². The lowest BCUT2D eigenvalue weighted by atomic mass is 10.0. The summed E-state index contributed by atoms with van der Waals surface area (Å²) >= 11 is 0. The normalized spacial score (nSPS) is 16.0. The Morgan fingerprint density at radius 3 is 2.73 bits per heavy atom. The van der Waals surface area contributed by atoms with Crippen LogP contribution in [0.1, 0.15) is 33.3 Å². The van der Waals surface area contributed by atoms with Crippen LogP contribution in [0.15, 0.2) is 18.2 Å².